The van der Waals surface area contributed by atoms with E-state index < -0.39 is 0 Å². The van der Waals surface area contributed by atoms with E-state index in [1.54, 1.807) is 24.5 Å². The lowest BCUT2D eigenvalue weighted by Gasteiger charge is -2.30. The largest absolute Gasteiger partial charge is 0.438 e. The van der Waals surface area contributed by atoms with Crippen LogP contribution < -0.4 is 9.64 Å². The number of rotatable bonds is 5. The van der Waals surface area contributed by atoms with Gasteiger partial charge in [0.25, 0.3) is 0 Å². The van der Waals surface area contributed by atoms with Gasteiger partial charge in [0.15, 0.2) is 0 Å². The minimum absolute atomic E-state index is 0.0400. The molecule has 1 saturated heterocycles. The third-order valence-electron chi connectivity index (χ3n) is 5.88. The van der Waals surface area contributed by atoms with Crippen LogP contribution in [0.15, 0.2) is 48.8 Å². The van der Waals surface area contributed by atoms with Gasteiger partial charge in [-0.05, 0) is 54.8 Å². The molecule has 3 aromatic rings. The summed E-state index contributed by atoms with van der Waals surface area (Å²) in [7, 11) is 0. The molecule has 0 radical (unpaired) electrons. The van der Waals surface area contributed by atoms with Gasteiger partial charge in [-0.2, -0.15) is 4.98 Å². The average Bonchev–Trinajstić information content (AvgIpc) is 3.36. The first kappa shape index (κ1) is 20.4. The monoisotopic (exact) mass is 433 g/mol. The Hall–Kier alpha value is -3.55. The predicted molar refractivity (Wildman–Crippen MR) is 117 cm³/mol. The maximum atomic E-state index is 13.4. The van der Waals surface area contributed by atoms with E-state index in [9.17, 15) is 9.18 Å². The fourth-order valence-electron chi connectivity index (χ4n) is 4.13. The molecule has 164 valence electrons. The van der Waals surface area contributed by atoms with Crippen molar-refractivity contribution < 1.29 is 13.9 Å². The molecule has 0 aliphatic carbocycles. The van der Waals surface area contributed by atoms with Crippen LogP contribution in [0.4, 0.5) is 10.3 Å². The molecule has 2 aromatic heterocycles. The molecule has 0 saturated carbocycles. The van der Waals surface area contributed by atoms with Crippen LogP contribution in [0.1, 0.15) is 29.7 Å². The summed E-state index contributed by atoms with van der Waals surface area (Å²) in [5, 5.41) is 0. The van der Waals surface area contributed by atoms with Gasteiger partial charge in [0.1, 0.15) is 11.6 Å². The van der Waals surface area contributed by atoms with Crippen LogP contribution in [-0.2, 0) is 24.2 Å². The van der Waals surface area contributed by atoms with Crippen molar-refractivity contribution in [3.63, 3.8) is 0 Å². The number of carbonyl (C=O) groups is 1. The number of fused-ring (bicyclic) bond motifs is 1. The summed E-state index contributed by atoms with van der Waals surface area (Å²) in [5.74, 6) is 1.31. The lowest BCUT2D eigenvalue weighted by Crippen LogP contribution is -2.38. The number of hydrogen-bond acceptors (Lipinski definition) is 6. The van der Waals surface area contributed by atoms with Gasteiger partial charge in [-0.25, -0.2) is 9.37 Å². The van der Waals surface area contributed by atoms with E-state index in [1.165, 1.54) is 12.1 Å². The highest BCUT2D eigenvalue weighted by molar-refractivity contribution is 5.79. The number of amides is 1. The first-order valence-corrected chi connectivity index (χ1v) is 10.9. The zero-order valence-electron chi connectivity index (χ0n) is 17.7. The van der Waals surface area contributed by atoms with Crippen LogP contribution >= 0.6 is 0 Å². The van der Waals surface area contributed by atoms with E-state index in [-0.39, 0.29) is 11.7 Å². The Kier molecular flexibility index (Phi) is 5.66. The molecule has 7 nitrogen and oxygen atoms in total. The summed E-state index contributed by atoms with van der Waals surface area (Å²) in [6.45, 7) is 2.83. The molecular weight excluding hydrogens is 409 g/mol. The summed E-state index contributed by atoms with van der Waals surface area (Å²) >= 11 is 0. The number of hydrogen-bond donors (Lipinski definition) is 0. The fraction of sp³-hybridized carbons (Fsp3) is 0.333. The molecule has 32 heavy (non-hydrogen) atoms. The number of anilines is 1. The molecule has 0 spiro atoms. The maximum Gasteiger partial charge on any atom is 0.229 e. The van der Waals surface area contributed by atoms with Crippen molar-refractivity contribution >= 4 is 11.9 Å². The van der Waals surface area contributed by atoms with Crippen LogP contribution in [0.5, 0.6) is 11.6 Å². The minimum atomic E-state index is -0.326. The van der Waals surface area contributed by atoms with Crippen molar-refractivity contribution in [2.24, 2.45) is 0 Å². The second-order valence-electron chi connectivity index (χ2n) is 8.10. The normalized spacial score (nSPS) is 15.5. The highest BCUT2D eigenvalue weighted by Gasteiger charge is 2.28. The number of nitrogens with zero attached hydrogens (tertiary/aromatic N) is 5. The molecule has 0 unspecified atom stereocenters. The zero-order chi connectivity index (χ0) is 21.9. The third kappa shape index (κ3) is 4.39. The SMILES string of the molecule is O=C(Cc1ccncc1)N1CCc2nc(N3CCCC3)nc(Oc3ccc(F)cc3)c2C1. The van der Waals surface area contributed by atoms with Crippen molar-refractivity contribution in [1.29, 1.82) is 0 Å². The maximum absolute atomic E-state index is 13.4. The second kappa shape index (κ2) is 8.90. The summed E-state index contributed by atoms with van der Waals surface area (Å²) in [4.78, 5) is 30.5. The standard InChI is InChI=1S/C24H24FN5O2/c25-18-3-5-19(6-4-18)32-23-20-16-30(22(31)15-17-7-10-26-11-8-17)14-9-21(20)27-24(28-23)29-12-1-2-13-29/h3-8,10-11H,1-2,9,12-16H2. The number of halogens is 1. The third-order valence-corrected chi connectivity index (χ3v) is 5.88. The molecule has 1 fully saturated rings. The fourth-order valence-corrected chi connectivity index (χ4v) is 4.13. The number of benzene rings is 1. The van der Waals surface area contributed by atoms with Crippen molar-refractivity contribution in [2.45, 2.75) is 32.2 Å². The number of pyridine rings is 1. The van der Waals surface area contributed by atoms with Crippen molar-refractivity contribution in [2.75, 3.05) is 24.5 Å². The molecule has 1 aromatic carbocycles. The number of aromatic nitrogens is 3. The molecule has 5 rings (SSSR count). The average molecular weight is 433 g/mol. The lowest BCUT2D eigenvalue weighted by atomic mass is 10.1. The van der Waals surface area contributed by atoms with Crippen LogP contribution in [0, 0.1) is 5.82 Å². The molecule has 8 heteroatoms. The minimum Gasteiger partial charge on any atom is -0.438 e. The van der Waals surface area contributed by atoms with E-state index >= 15 is 0 Å². The predicted octanol–water partition coefficient (Wildman–Crippen LogP) is 3.53. The number of ether oxygens (including phenoxy) is 1. The highest BCUT2D eigenvalue weighted by Crippen LogP contribution is 2.32. The van der Waals surface area contributed by atoms with E-state index in [0.29, 0.717) is 43.5 Å². The summed E-state index contributed by atoms with van der Waals surface area (Å²) in [5.41, 5.74) is 2.65. The first-order valence-electron chi connectivity index (χ1n) is 10.9. The molecule has 1 amide bonds. The van der Waals surface area contributed by atoms with Gasteiger partial charge in [0.05, 0.1) is 24.2 Å². The number of carbonyl (C=O) groups excluding carboxylic acids is 1. The molecule has 2 aliphatic rings. The van der Waals surface area contributed by atoms with Gasteiger partial charge in [0.2, 0.25) is 17.7 Å². The van der Waals surface area contributed by atoms with Gasteiger partial charge in [-0.15, -0.1) is 0 Å². The Morgan fingerprint density at radius 2 is 1.75 bits per heavy atom. The summed E-state index contributed by atoms with van der Waals surface area (Å²) in [6.07, 6.45) is 6.57. The summed E-state index contributed by atoms with van der Waals surface area (Å²) < 4.78 is 19.4. The molecule has 4 heterocycles. The van der Waals surface area contributed by atoms with E-state index in [0.717, 1.165) is 42.8 Å². The molecule has 0 atom stereocenters. The second-order valence-corrected chi connectivity index (χ2v) is 8.10. The lowest BCUT2D eigenvalue weighted by molar-refractivity contribution is -0.131. The van der Waals surface area contributed by atoms with Crippen LogP contribution in [-0.4, -0.2) is 45.4 Å². The quantitative estimate of drug-likeness (QED) is 0.613. The van der Waals surface area contributed by atoms with Gasteiger partial charge in [-0.1, -0.05) is 0 Å². The van der Waals surface area contributed by atoms with Crippen LogP contribution in [0.3, 0.4) is 0 Å². The van der Waals surface area contributed by atoms with Crippen molar-refractivity contribution in [3.8, 4) is 11.6 Å². The van der Waals surface area contributed by atoms with Gasteiger partial charge in [-0.3, -0.25) is 9.78 Å². The Labute approximate surface area is 185 Å². The van der Waals surface area contributed by atoms with Crippen molar-refractivity contribution in [3.05, 3.63) is 71.4 Å². The zero-order valence-corrected chi connectivity index (χ0v) is 17.7. The summed E-state index contributed by atoms with van der Waals surface area (Å²) in [6, 6.07) is 9.57. The molecule has 2 aliphatic heterocycles. The van der Waals surface area contributed by atoms with E-state index in [4.69, 9.17) is 14.7 Å². The van der Waals surface area contributed by atoms with Crippen LogP contribution in [0.25, 0.3) is 0 Å². The topological polar surface area (TPSA) is 71.5 Å². The van der Waals surface area contributed by atoms with E-state index in [1.807, 2.05) is 17.0 Å². The first-order chi connectivity index (χ1) is 15.7. The molecule has 0 bridgehead atoms. The van der Waals surface area contributed by atoms with Gasteiger partial charge in [0, 0.05) is 38.4 Å². The highest BCUT2D eigenvalue weighted by atomic mass is 19.1. The Bertz CT molecular complexity index is 1100. The van der Waals surface area contributed by atoms with Crippen LogP contribution in [0.2, 0.25) is 0 Å². The van der Waals surface area contributed by atoms with E-state index in [2.05, 4.69) is 9.88 Å². The van der Waals surface area contributed by atoms with Gasteiger partial charge >= 0.3 is 0 Å². The smallest absolute Gasteiger partial charge is 0.229 e. The molecule has 0 N–H and O–H groups in total. The Morgan fingerprint density at radius 1 is 1.00 bits per heavy atom. The van der Waals surface area contributed by atoms with Gasteiger partial charge < -0.3 is 14.5 Å². The Morgan fingerprint density at radius 3 is 2.50 bits per heavy atom. The molecular formula is C24H24FN5O2. The Balaban J connectivity index is 1.43. The van der Waals surface area contributed by atoms with Crippen molar-refractivity contribution in [1.82, 2.24) is 19.9 Å².